The molecule has 0 spiro atoms. The van der Waals surface area contributed by atoms with Crippen LogP contribution >= 0.6 is 11.6 Å². The highest BCUT2D eigenvalue weighted by Gasteiger charge is 2.55. The van der Waals surface area contributed by atoms with Crippen molar-refractivity contribution in [1.82, 2.24) is 0 Å². The highest BCUT2D eigenvalue weighted by molar-refractivity contribution is 7.93. The Morgan fingerprint density at radius 1 is 1.04 bits per heavy atom. The number of rotatable bonds is 3. The van der Waals surface area contributed by atoms with E-state index in [1.807, 2.05) is 0 Å². The molecule has 0 unspecified atom stereocenters. The summed E-state index contributed by atoms with van der Waals surface area (Å²) < 4.78 is 39.5. The molecule has 0 atom stereocenters. The molecule has 4 nitrogen and oxygen atoms in total. The topological polar surface area (TPSA) is 54.5 Å². The van der Waals surface area contributed by atoms with Gasteiger partial charge in [0.2, 0.25) is 5.91 Å². The fourth-order valence-corrected chi connectivity index (χ4v) is 6.63. The maximum atomic E-state index is 13.9. The second kappa shape index (κ2) is 7.16. The molecule has 1 fully saturated rings. The summed E-state index contributed by atoms with van der Waals surface area (Å²) in [6.07, 6.45) is 3.36. The molecule has 28 heavy (non-hydrogen) atoms. The number of carbonyl (C=O) groups excluding carboxylic acids is 1. The molecule has 0 radical (unpaired) electrons. The van der Waals surface area contributed by atoms with Crippen LogP contribution in [0.1, 0.15) is 37.7 Å². The molecule has 1 saturated carbocycles. The molecule has 1 amide bonds. The van der Waals surface area contributed by atoms with Gasteiger partial charge in [0.1, 0.15) is 5.82 Å². The van der Waals surface area contributed by atoms with E-state index in [-0.39, 0.29) is 17.7 Å². The van der Waals surface area contributed by atoms with Gasteiger partial charge < -0.3 is 4.90 Å². The van der Waals surface area contributed by atoms with Gasteiger partial charge >= 0.3 is 0 Å². The van der Waals surface area contributed by atoms with E-state index in [1.165, 1.54) is 41.3 Å². The molecule has 0 N–H and O–H groups in total. The van der Waals surface area contributed by atoms with Gasteiger partial charge in [0, 0.05) is 17.3 Å². The molecule has 1 aliphatic heterocycles. The Hall–Kier alpha value is -1.92. The van der Waals surface area contributed by atoms with Crippen molar-refractivity contribution in [2.45, 2.75) is 48.2 Å². The highest BCUT2D eigenvalue weighted by Crippen LogP contribution is 2.44. The van der Waals surface area contributed by atoms with Crippen LogP contribution in [0.4, 0.5) is 10.1 Å². The minimum absolute atomic E-state index is 0.101. The summed E-state index contributed by atoms with van der Waals surface area (Å²) in [5.74, 6) is -0.869. The molecule has 4 rings (SSSR count). The number of hydrogen-bond acceptors (Lipinski definition) is 3. The molecule has 2 aliphatic rings. The summed E-state index contributed by atoms with van der Waals surface area (Å²) in [5, 5.41) is 0.436. The standard InChI is InChI=1S/C21H21ClFNO3S/c22-16-6-9-18(10-7-16)28(26,27)21(11-1-2-12-21)20(25)24-13-3-4-15-5-8-17(23)14-19(15)24/h5-10,14H,1-4,11-13H2. The second-order valence-electron chi connectivity index (χ2n) is 7.49. The fourth-order valence-electron chi connectivity index (χ4n) is 4.39. The average Bonchev–Trinajstić information content (AvgIpc) is 3.19. The Labute approximate surface area is 169 Å². The van der Waals surface area contributed by atoms with Gasteiger partial charge in [-0.2, -0.15) is 0 Å². The summed E-state index contributed by atoms with van der Waals surface area (Å²) >= 11 is 5.91. The van der Waals surface area contributed by atoms with Gasteiger partial charge in [-0.25, -0.2) is 12.8 Å². The van der Waals surface area contributed by atoms with Crippen molar-refractivity contribution in [3.63, 3.8) is 0 Å². The summed E-state index contributed by atoms with van der Waals surface area (Å²) in [6, 6.07) is 10.3. The Morgan fingerprint density at radius 2 is 1.71 bits per heavy atom. The van der Waals surface area contributed by atoms with Crippen LogP contribution < -0.4 is 4.90 Å². The minimum Gasteiger partial charge on any atom is -0.311 e. The molecule has 0 saturated heterocycles. The van der Waals surface area contributed by atoms with Crippen molar-refractivity contribution in [2.75, 3.05) is 11.4 Å². The Balaban J connectivity index is 1.80. The smallest absolute Gasteiger partial charge is 0.248 e. The lowest BCUT2D eigenvalue weighted by Crippen LogP contribution is -2.53. The minimum atomic E-state index is -3.92. The van der Waals surface area contributed by atoms with Crippen molar-refractivity contribution >= 4 is 33.0 Å². The predicted molar refractivity (Wildman–Crippen MR) is 107 cm³/mol. The van der Waals surface area contributed by atoms with Crippen LogP contribution in [0.3, 0.4) is 0 Å². The average molecular weight is 422 g/mol. The first-order chi connectivity index (χ1) is 13.3. The van der Waals surface area contributed by atoms with Crippen LogP contribution in [0.2, 0.25) is 5.02 Å². The molecule has 1 heterocycles. The maximum Gasteiger partial charge on any atom is 0.248 e. The lowest BCUT2D eigenvalue weighted by atomic mass is 9.98. The van der Waals surface area contributed by atoms with E-state index in [0.717, 1.165) is 18.4 Å². The van der Waals surface area contributed by atoms with Crippen molar-refractivity contribution in [1.29, 1.82) is 0 Å². The molecular weight excluding hydrogens is 401 g/mol. The van der Waals surface area contributed by atoms with Crippen LogP contribution in [0.15, 0.2) is 47.4 Å². The van der Waals surface area contributed by atoms with Gasteiger partial charge in [-0.15, -0.1) is 0 Å². The van der Waals surface area contributed by atoms with E-state index in [4.69, 9.17) is 11.6 Å². The Morgan fingerprint density at radius 3 is 2.39 bits per heavy atom. The van der Waals surface area contributed by atoms with E-state index in [0.29, 0.717) is 30.1 Å². The van der Waals surface area contributed by atoms with Gasteiger partial charge in [-0.05, 0) is 67.6 Å². The third kappa shape index (κ3) is 3.03. The number of hydrogen-bond donors (Lipinski definition) is 0. The van der Waals surface area contributed by atoms with Crippen LogP contribution in [-0.4, -0.2) is 25.6 Å². The normalized spacial score (nSPS) is 18.7. The van der Waals surface area contributed by atoms with Crippen LogP contribution in [-0.2, 0) is 21.1 Å². The zero-order valence-electron chi connectivity index (χ0n) is 15.3. The number of halogens is 2. The number of fused-ring (bicyclic) bond motifs is 1. The third-order valence-electron chi connectivity index (χ3n) is 5.85. The van der Waals surface area contributed by atoms with Gasteiger partial charge in [-0.1, -0.05) is 30.5 Å². The van der Waals surface area contributed by atoms with E-state index in [1.54, 1.807) is 6.07 Å². The first-order valence-corrected chi connectivity index (χ1v) is 11.3. The first-order valence-electron chi connectivity index (χ1n) is 9.46. The predicted octanol–water partition coefficient (Wildman–Crippen LogP) is 4.55. The first kappa shape index (κ1) is 19.4. The quantitative estimate of drug-likeness (QED) is 0.730. The summed E-state index contributed by atoms with van der Waals surface area (Å²) in [6.45, 7) is 0.396. The van der Waals surface area contributed by atoms with Crippen molar-refractivity contribution in [3.8, 4) is 0 Å². The van der Waals surface area contributed by atoms with E-state index >= 15 is 0 Å². The lowest BCUT2D eigenvalue weighted by Gasteiger charge is -2.37. The molecule has 2 aromatic carbocycles. The number of anilines is 1. The number of sulfone groups is 1. The van der Waals surface area contributed by atoms with Crippen molar-refractivity contribution in [2.24, 2.45) is 0 Å². The number of aryl methyl sites for hydroxylation is 1. The van der Waals surface area contributed by atoms with Gasteiger partial charge in [-0.3, -0.25) is 4.79 Å². The van der Waals surface area contributed by atoms with Gasteiger partial charge in [0.15, 0.2) is 14.6 Å². The van der Waals surface area contributed by atoms with Gasteiger partial charge in [0.25, 0.3) is 0 Å². The summed E-state index contributed by atoms with van der Waals surface area (Å²) in [4.78, 5) is 15.3. The summed E-state index contributed by atoms with van der Waals surface area (Å²) in [5.41, 5.74) is 1.37. The van der Waals surface area contributed by atoms with E-state index < -0.39 is 26.3 Å². The molecule has 7 heteroatoms. The fraction of sp³-hybridized carbons (Fsp3) is 0.381. The largest absolute Gasteiger partial charge is 0.311 e. The van der Waals surface area contributed by atoms with Crippen LogP contribution in [0.5, 0.6) is 0 Å². The van der Waals surface area contributed by atoms with E-state index in [2.05, 4.69) is 0 Å². The summed E-state index contributed by atoms with van der Waals surface area (Å²) in [7, 11) is -3.92. The van der Waals surface area contributed by atoms with Gasteiger partial charge in [0.05, 0.1) is 4.90 Å². The lowest BCUT2D eigenvalue weighted by molar-refractivity contribution is -0.121. The number of benzene rings is 2. The van der Waals surface area contributed by atoms with E-state index in [9.17, 15) is 17.6 Å². The van der Waals surface area contributed by atoms with Crippen LogP contribution in [0.25, 0.3) is 0 Å². The molecule has 1 aliphatic carbocycles. The van der Waals surface area contributed by atoms with Crippen molar-refractivity contribution < 1.29 is 17.6 Å². The zero-order valence-corrected chi connectivity index (χ0v) is 16.9. The van der Waals surface area contributed by atoms with Crippen LogP contribution in [0, 0.1) is 5.82 Å². The number of carbonyl (C=O) groups is 1. The highest BCUT2D eigenvalue weighted by atomic mass is 35.5. The molecule has 148 valence electrons. The Kier molecular flexibility index (Phi) is 4.96. The molecule has 2 aromatic rings. The third-order valence-corrected chi connectivity index (χ3v) is 8.61. The number of nitrogens with zero attached hydrogens (tertiary/aromatic N) is 1. The SMILES string of the molecule is O=C(N1CCCc2ccc(F)cc21)C1(S(=O)(=O)c2ccc(Cl)cc2)CCCC1. The monoisotopic (exact) mass is 421 g/mol. The molecular formula is C21H21ClFNO3S. The molecule has 0 bridgehead atoms. The molecule has 0 aromatic heterocycles. The number of amides is 1. The maximum absolute atomic E-state index is 13.9. The second-order valence-corrected chi connectivity index (χ2v) is 10.2. The zero-order chi connectivity index (χ0) is 19.9. The van der Waals surface area contributed by atoms with Crippen molar-refractivity contribution in [3.05, 3.63) is 58.9 Å². The Bertz CT molecular complexity index is 1010.